The van der Waals surface area contributed by atoms with Gasteiger partial charge in [0.25, 0.3) is 0 Å². The maximum absolute atomic E-state index is 12.3. The molecular weight excluding hydrogens is 337 g/mol. The highest BCUT2D eigenvalue weighted by atomic mass is 35.5. The van der Waals surface area contributed by atoms with Crippen molar-refractivity contribution in [2.24, 2.45) is 0 Å². The average molecular weight is 349 g/mol. The maximum atomic E-state index is 12.3. The number of aryl methyl sites for hydroxylation is 1. The van der Waals surface area contributed by atoms with Crippen molar-refractivity contribution in [1.82, 2.24) is 14.8 Å². The molecule has 0 unspecified atom stereocenters. The number of benzene rings is 1. The second-order valence-corrected chi connectivity index (χ2v) is 4.94. The molecule has 0 saturated heterocycles. The number of alkyl halides is 3. The average Bonchev–Trinajstić information content (AvgIpc) is 2.98. The summed E-state index contributed by atoms with van der Waals surface area (Å²) < 4.78 is 42.9. The van der Waals surface area contributed by atoms with Crippen molar-refractivity contribution >= 4 is 23.2 Å². The first-order valence-electron chi connectivity index (χ1n) is 6.45. The van der Waals surface area contributed by atoms with E-state index in [-0.39, 0.29) is 29.4 Å². The van der Waals surface area contributed by atoms with Gasteiger partial charge in [-0.25, -0.2) is 4.98 Å². The lowest BCUT2D eigenvalue weighted by molar-refractivity contribution is -0.153. The van der Waals surface area contributed by atoms with Gasteiger partial charge in [0.05, 0.1) is 12.2 Å². The van der Waals surface area contributed by atoms with Crippen molar-refractivity contribution in [3.05, 3.63) is 35.9 Å². The first-order chi connectivity index (χ1) is 10.8. The highest BCUT2D eigenvalue weighted by molar-refractivity contribution is 6.30. The summed E-state index contributed by atoms with van der Waals surface area (Å²) in [4.78, 5) is 15.6. The number of nitrogens with zero attached hydrogens (tertiary/aromatic N) is 3. The molecule has 1 aromatic carbocycles. The SMILES string of the molecule is O=C(CCn1cncn1)Nc1ccc(Cl)cc1OCC(F)(F)F. The Morgan fingerprint density at radius 1 is 1.39 bits per heavy atom. The van der Waals surface area contributed by atoms with Crippen molar-refractivity contribution in [2.45, 2.75) is 19.1 Å². The van der Waals surface area contributed by atoms with Gasteiger partial charge in [-0.05, 0) is 12.1 Å². The monoisotopic (exact) mass is 348 g/mol. The summed E-state index contributed by atoms with van der Waals surface area (Å²) in [6, 6.07) is 4.02. The van der Waals surface area contributed by atoms with Crippen LogP contribution in [0.5, 0.6) is 5.75 Å². The van der Waals surface area contributed by atoms with Gasteiger partial charge in [-0.2, -0.15) is 18.3 Å². The molecule has 1 amide bonds. The van der Waals surface area contributed by atoms with Crippen LogP contribution in [0, 0.1) is 0 Å². The van der Waals surface area contributed by atoms with Crippen LogP contribution in [-0.2, 0) is 11.3 Å². The minimum Gasteiger partial charge on any atom is -0.482 e. The third-order valence-corrected chi connectivity index (χ3v) is 2.88. The summed E-state index contributed by atoms with van der Waals surface area (Å²) in [6.07, 6.45) is -1.63. The van der Waals surface area contributed by atoms with Gasteiger partial charge in [0, 0.05) is 17.5 Å². The zero-order chi connectivity index (χ0) is 16.9. The summed E-state index contributed by atoms with van der Waals surface area (Å²) in [5, 5.41) is 6.52. The second kappa shape index (κ2) is 7.32. The van der Waals surface area contributed by atoms with E-state index in [1.165, 1.54) is 35.5 Å². The molecule has 0 spiro atoms. The van der Waals surface area contributed by atoms with Crippen LogP contribution in [0.15, 0.2) is 30.9 Å². The predicted octanol–water partition coefficient (Wildman–Crippen LogP) is 2.90. The highest BCUT2D eigenvalue weighted by Gasteiger charge is 2.29. The standard InChI is InChI=1S/C13H12ClF3N4O2/c14-9-1-2-10(11(5-9)23-6-13(15,16)17)20-12(22)3-4-21-8-18-7-19-21/h1-2,5,7-8H,3-4,6H2,(H,20,22). The van der Waals surface area contributed by atoms with E-state index in [4.69, 9.17) is 11.6 Å². The number of anilines is 1. The van der Waals surface area contributed by atoms with Crippen LogP contribution in [0.4, 0.5) is 18.9 Å². The van der Waals surface area contributed by atoms with E-state index in [1.807, 2.05) is 0 Å². The quantitative estimate of drug-likeness (QED) is 0.871. The smallest absolute Gasteiger partial charge is 0.422 e. The van der Waals surface area contributed by atoms with Crippen LogP contribution in [0.2, 0.25) is 5.02 Å². The lowest BCUT2D eigenvalue weighted by atomic mass is 10.2. The van der Waals surface area contributed by atoms with E-state index in [0.717, 1.165) is 0 Å². The van der Waals surface area contributed by atoms with Crippen LogP contribution in [0.3, 0.4) is 0 Å². The Balaban J connectivity index is 1.99. The largest absolute Gasteiger partial charge is 0.482 e. The Morgan fingerprint density at radius 3 is 2.83 bits per heavy atom. The summed E-state index contributed by atoms with van der Waals surface area (Å²) in [6.45, 7) is -1.19. The van der Waals surface area contributed by atoms with Gasteiger partial charge in [0.2, 0.25) is 5.91 Å². The van der Waals surface area contributed by atoms with Gasteiger partial charge in [-0.3, -0.25) is 9.48 Å². The normalized spacial score (nSPS) is 11.3. The Morgan fingerprint density at radius 2 is 2.17 bits per heavy atom. The molecule has 0 aliphatic rings. The molecule has 0 saturated carbocycles. The third kappa shape index (κ3) is 5.78. The van der Waals surface area contributed by atoms with Crippen LogP contribution >= 0.6 is 11.6 Å². The van der Waals surface area contributed by atoms with E-state index in [0.29, 0.717) is 0 Å². The van der Waals surface area contributed by atoms with Crippen molar-refractivity contribution in [1.29, 1.82) is 0 Å². The molecule has 0 aliphatic carbocycles. The van der Waals surface area contributed by atoms with Crippen LogP contribution in [0.25, 0.3) is 0 Å². The molecule has 0 atom stereocenters. The Hall–Kier alpha value is -2.29. The number of ether oxygens (including phenoxy) is 1. The van der Waals surface area contributed by atoms with Gasteiger partial charge in [0.15, 0.2) is 6.61 Å². The number of amides is 1. The first kappa shape index (κ1) is 17.1. The molecule has 0 bridgehead atoms. The Bertz CT molecular complexity index is 662. The molecule has 6 nitrogen and oxygen atoms in total. The molecule has 0 aliphatic heterocycles. The number of nitrogens with one attached hydrogen (secondary N) is 1. The van der Waals surface area contributed by atoms with E-state index < -0.39 is 18.7 Å². The molecule has 2 rings (SSSR count). The molecule has 10 heteroatoms. The van der Waals surface area contributed by atoms with Gasteiger partial charge in [-0.15, -0.1) is 0 Å². The fourth-order valence-electron chi connectivity index (χ4n) is 1.66. The summed E-state index contributed by atoms with van der Waals surface area (Å²) in [7, 11) is 0. The molecule has 0 radical (unpaired) electrons. The van der Waals surface area contributed by atoms with Gasteiger partial charge in [0.1, 0.15) is 18.4 Å². The van der Waals surface area contributed by atoms with Crippen molar-refractivity contribution in [2.75, 3.05) is 11.9 Å². The maximum Gasteiger partial charge on any atom is 0.422 e. The molecule has 0 fully saturated rings. The Kier molecular flexibility index (Phi) is 5.43. The molecule has 2 aromatic rings. The number of halogens is 4. The molecular formula is C13H12ClF3N4O2. The van der Waals surface area contributed by atoms with Crippen molar-refractivity contribution < 1.29 is 22.7 Å². The van der Waals surface area contributed by atoms with Crippen molar-refractivity contribution in [3.8, 4) is 5.75 Å². The summed E-state index contributed by atoms with van der Waals surface area (Å²) >= 11 is 5.74. The second-order valence-electron chi connectivity index (χ2n) is 4.50. The summed E-state index contributed by atoms with van der Waals surface area (Å²) in [5.41, 5.74) is 0.113. The number of hydrogen-bond acceptors (Lipinski definition) is 4. The zero-order valence-electron chi connectivity index (χ0n) is 11.7. The van der Waals surface area contributed by atoms with Gasteiger partial charge >= 0.3 is 6.18 Å². The lowest BCUT2D eigenvalue weighted by Gasteiger charge is -2.14. The van der Waals surface area contributed by atoms with Crippen LogP contribution < -0.4 is 10.1 Å². The van der Waals surface area contributed by atoms with Crippen LogP contribution in [-0.4, -0.2) is 33.5 Å². The number of carbonyl (C=O) groups excluding carboxylic acids is 1. The molecule has 124 valence electrons. The van der Waals surface area contributed by atoms with Gasteiger partial charge < -0.3 is 10.1 Å². The molecule has 1 aromatic heterocycles. The van der Waals surface area contributed by atoms with Crippen LogP contribution in [0.1, 0.15) is 6.42 Å². The van der Waals surface area contributed by atoms with E-state index >= 15 is 0 Å². The molecule has 23 heavy (non-hydrogen) atoms. The minimum atomic E-state index is -4.49. The number of hydrogen-bond donors (Lipinski definition) is 1. The predicted molar refractivity (Wildman–Crippen MR) is 76.3 cm³/mol. The topological polar surface area (TPSA) is 69.0 Å². The third-order valence-electron chi connectivity index (χ3n) is 2.64. The minimum absolute atomic E-state index is 0.0741. The fraction of sp³-hybridized carbons (Fsp3) is 0.308. The summed E-state index contributed by atoms with van der Waals surface area (Å²) in [5.74, 6) is -0.552. The highest BCUT2D eigenvalue weighted by Crippen LogP contribution is 2.30. The van der Waals surface area contributed by atoms with E-state index in [2.05, 4.69) is 20.1 Å². The lowest BCUT2D eigenvalue weighted by Crippen LogP contribution is -2.20. The number of carbonyl (C=O) groups is 1. The fourth-order valence-corrected chi connectivity index (χ4v) is 1.82. The Labute approximate surface area is 134 Å². The van der Waals surface area contributed by atoms with E-state index in [1.54, 1.807) is 0 Å². The van der Waals surface area contributed by atoms with E-state index in [9.17, 15) is 18.0 Å². The van der Waals surface area contributed by atoms with Crippen molar-refractivity contribution in [3.63, 3.8) is 0 Å². The number of rotatable bonds is 6. The molecule has 1 heterocycles. The first-order valence-corrected chi connectivity index (χ1v) is 6.82. The zero-order valence-corrected chi connectivity index (χ0v) is 12.4. The number of aromatic nitrogens is 3. The van der Waals surface area contributed by atoms with Gasteiger partial charge in [-0.1, -0.05) is 11.6 Å². The molecule has 1 N–H and O–H groups in total.